The first-order chi connectivity index (χ1) is 9.82. The number of nitrogens with two attached hydrogens (primary N) is 1. The molecule has 1 atom stereocenters. The Morgan fingerprint density at radius 1 is 1.38 bits per heavy atom. The van der Waals surface area contributed by atoms with Crippen molar-refractivity contribution in [3.63, 3.8) is 0 Å². The van der Waals surface area contributed by atoms with Gasteiger partial charge < -0.3 is 20.9 Å². The van der Waals surface area contributed by atoms with Crippen LogP contribution in [0.3, 0.4) is 0 Å². The van der Waals surface area contributed by atoms with Crippen molar-refractivity contribution in [2.75, 3.05) is 6.54 Å². The smallest absolute Gasteiger partial charge is 0.404 e. The average molecular weight is 294 g/mol. The molecule has 0 spiro atoms. The number of nitrogens with one attached hydrogen (secondary N) is 1. The maximum Gasteiger partial charge on any atom is 0.404 e. The van der Waals surface area contributed by atoms with Gasteiger partial charge in [-0.05, 0) is 19.4 Å². The van der Waals surface area contributed by atoms with E-state index in [0.29, 0.717) is 5.57 Å². The molecule has 6 heteroatoms. The molecule has 1 unspecified atom stereocenters. The number of aliphatic hydroxyl groups excluding tert-OH is 1. The van der Waals surface area contributed by atoms with Crippen LogP contribution in [0.1, 0.15) is 19.4 Å². The minimum Gasteiger partial charge on any atom is -0.445 e. The lowest BCUT2D eigenvalue weighted by Gasteiger charge is -2.05. The molecule has 116 valence electrons. The number of hydrogen-bond donors (Lipinski definition) is 3. The van der Waals surface area contributed by atoms with Crippen LogP contribution in [0.2, 0.25) is 0 Å². The first-order valence-corrected chi connectivity index (χ1v) is 6.40. The standard InChI is InChI=1S/C8H9NO2.C7H13NO2/c9-8(10)11-6-7-4-2-1-3-5-7;1-5(2)7(10)8-4-6(3)9/h1-5H,6H2,(H2,9,10);6,9H,1,4H2,2-3H3,(H,8,10). The van der Waals surface area contributed by atoms with Crippen molar-refractivity contribution in [1.82, 2.24) is 5.32 Å². The number of rotatable bonds is 5. The molecule has 0 heterocycles. The second kappa shape index (κ2) is 10.4. The molecule has 0 saturated heterocycles. The number of benzene rings is 1. The number of carbonyl (C=O) groups is 2. The highest BCUT2D eigenvalue weighted by Gasteiger charge is 2.01. The van der Waals surface area contributed by atoms with E-state index in [1.807, 2.05) is 30.3 Å². The van der Waals surface area contributed by atoms with Crippen molar-refractivity contribution < 1.29 is 19.4 Å². The third kappa shape index (κ3) is 11.2. The highest BCUT2D eigenvalue weighted by Crippen LogP contribution is 1.99. The fourth-order valence-electron chi connectivity index (χ4n) is 1.12. The van der Waals surface area contributed by atoms with Crippen LogP contribution in [0.5, 0.6) is 0 Å². The van der Waals surface area contributed by atoms with Gasteiger partial charge in [-0.15, -0.1) is 0 Å². The second-order valence-electron chi connectivity index (χ2n) is 4.43. The first-order valence-electron chi connectivity index (χ1n) is 6.40. The number of primary amides is 1. The number of amides is 2. The molecule has 0 bridgehead atoms. The van der Waals surface area contributed by atoms with Crippen molar-refractivity contribution in [2.24, 2.45) is 5.73 Å². The predicted molar refractivity (Wildman–Crippen MR) is 80.3 cm³/mol. The maximum absolute atomic E-state index is 10.7. The molecule has 6 nitrogen and oxygen atoms in total. The molecule has 0 saturated carbocycles. The van der Waals surface area contributed by atoms with Gasteiger partial charge in [0.1, 0.15) is 6.61 Å². The summed E-state index contributed by atoms with van der Waals surface area (Å²) in [6.07, 6.45) is -1.24. The molecule has 4 N–H and O–H groups in total. The molecule has 1 aromatic carbocycles. The summed E-state index contributed by atoms with van der Waals surface area (Å²) in [5.41, 5.74) is 6.17. The van der Waals surface area contributed by atoms with Crippen molar-refractivity contribution in [2.45, 2.75) is 26.6 Å². The van der Waals surface area contributed by atoms with E-state index < -0.39 is 12.2 Å². The van der Waals surface area contributed by atoms with Gasteiger partial charge in [0.2, 0.25) is 5.91 Å². The van der Waals surface area contributed by atoms with Crippen molar-refractivity contribution in [3.05, 3.63) is 48.0 Å². The zero-order chi connectivity index (χ0) is 16.3. The zero-order valence-corrected chi connectivity index (χ0v) is 12.3. The monoisotopic (exact) mass is 294 g/mol. The quantitative estimate of drug-likeness (QED) is 0.713. The summed E-state index contributed by atoms with van der Waals surface area (Å²) in [5.74, 6) is -0.207. The van der Waals surface area contributed by atoms with Gasteiger partial charge in [0.25, 0.3) is 0 Å². The van der Waals surface area contributed by atoms with Crippen LogP contribution in [0, 0.1) is 0 Å². The Bertz CT molecular complexity index is 458. The molecular weight excluding hydrogens is 272 g/mol. The largest absolute Gasteiger partial charge is 0.445 e. The van der Waals surface area contributed by atoms with Gasteiger partial charge in [-0.3, -0.25) is 4.79 Å². The molecule has 21 heavy (non-hydrogen) atoms. The predicted octanol–water partition coefficient (Wildman–Crippen LogP) is 1.34. The molecule has 1 aromatic rings. The van der Waals surface area contributed by atoms with E-state index in [2.05, 4.69) is 16.6 Å². The molecule has 0 aliphatic rings. The van der Waals surface area contributed by atoms with Gasteiger partial charge in [0.15, 0.2) is 0 Å². The summed E-state index contributed by atoms with van der Waals surface area (Å²) in [6.45, 7) is 7.20. The molecule has 0 aliphatic heterocycles. The van der Waals surface area contributed by atoms with Crippen LogP contribution in [-0.2, 0) is 16.1 Å². The van der Waals surface area contributed by atoms with Gasteiger partial charge in [-0.25, -0.2) is 4.79 Å². The Hall–Kier alpha value is -2.34. The number of aliphatic hydroxyl groups is 1. The van der Waals surface area contributed by atoms with E-state index in [1.165, 1.54) is 0 Å². The third-order valence-electron chi connectivity index (χ3n) is 2.17. The van der Waals surface area contributed by atoms with Crippen LogP contribution >= 0.6 is 0 Å². The maximum atomic E-state index is 10.7. The minimum absolute atomic E-state index is 0.207. The Kier molecular flexibility index (Phi) is 9.28. The summed E-state index contributed by atoms with van der Waals surface area (Å²) in [4.78, 5) is 20.9. The van der Waals surface area contributed by atoms with Crippen LogP contribution in [0.15, 0.2) is 42.5 Å². The molecule has 2 amide bonds. The first kappa shape index (κ1) is 18.7. The lowest BCUT2D eigenvalue weighted by atomic mass is 10.2. The van der Waals surface area contributed by atoms with Crippen LogP contribution < -0.4 is 11.1 Å². The summed E-state index contributed by atoms with van der Waals surface area (Å²) < 4.78 is 4.57. The van der Waals surface area contributed by atoms with Crippen molar-refractivity contribution in [3.8, 4) is 0 Å². The zero-order valence-electron chi connectivity index (χ0n) is 12.3. The normalized spacial score (nSPS) is 10.6. The van der Waals surface area contributed by atoms with E-state index in [-0.39, 0.29) is 19.1 Å². The van der Waals surface area contributed by atoms with Gasteiger partial charge in [-0.1, -0.05) is 36.9 Å². The fraction of sp³-hybridized carbons (Fsp3) is 0.333. The van der Waals surface area contributed by atoms with E-state index in [0.717, 1.165) is 5.56 Å². The van der Waals surface area contributed by atoms with E-state index in [1.54, 1.807) is 13.8 Å². The van der Waals surface area contributed by atoms with Crippen LogP contribution in [-0.4, -0.2) is 29.8 Å². The minimum atomic E-state index is -0.742. The van der Waals surface area contributed by atoms with E-state index in [4.69, 9.17) is 10.8 Å². The van der Waals surface area contributed by atoms with E-state index in [9.17, 15) is 9.59 Å². The summed E-state index contributed by atoms with van der Waals surface area (Å²) in [7, 11) is 0. The van der Waals surface area contributed by atoms with Gasteiger partial charge in [-0.2, -0.15) is 0 Å². The second-order valence-corrected chi connectivity index (χ2v) is 4.43. The molecule has 0 aliphatic carbocycles. The Labute approximate surface area is 124 Å². The molecule has 0 aromatic heterocycles. The third-order valence-corrected chi connectivity index (χ3v) is 2.17. The average Bonchev–Trinajstić information content (AvgIpc) is 2.44. The molecule has 0 radical (unpaired) electrons. The van der Waals surface area contributed by atoms with Crippen molar-refractivity contribution in [1.29, 1.82) is 0 Å². The lowest BCUT2D eigenvalue weighted by Crippen LogP contribution is -2.30. The summed E-state index contributed by atoms with van der Waals surface area (Å²) in [6, 6.07) is 9.37. The number of carbonyl (C=O) groups excluding carboxylic acids is 2. The topological polar surface area (TPSA) is 102 Å². The highest BCUT2D eigenvalue weighted by molar-refractivity contribution is 5.92. The Balaban J connectivity index is 0.000000384. The molecule has 0 fully saturated rings. The Morgan fingerprint density at radius 3 is 2.38 bits per heavy atom. The molecule has 1 rings (SSSR count). The number of ether oxygens (including phenoxy) is 1. The lowest BCUT2D eigenvalue weighted by molar-refractivity contribution is -0.117. The van der Waals surface area contributed by atoms with Crippen molar-refractivity contribution >= 4 is 12.0 Å². The fourth-order valence-corrected chi connectivity index (χ4v) is 1.12. The Morgan fingerprint density at radius 2 is 1.95 bits per heavy atom. The van der Waals surface area contributed by atoms with Gasteiger partial charge in [0.05, 0.1) is 6.10 Å². The van der Waals surface area contributed by atoms with Gasteiger partial charge in [0, 0.05) is 12.1 Å². The SMILES string of the molecule is C=C(C)C(=O)NCC(C)O.NC(=O)OCc1ccccc1. The van der Waals surface area contributed by atoms with Gasteiger partial charge >= 0.3 is 6.09 Å². The molecular formula is C15H22N2O4. The summed E-state index contributed by atoms with van der Waals surface area (Å²) >= 11 is 0. The number of hydrogen-bond acceptors (Lipinski definition) is 4. The summed E-state index contributed by atoms with van der Waals surface area (Å²) in [5, 5.41) is 11.2. The van der Waals surface area contributed by atoms with Crippen LogP contribution in [0.25, 0.3) is 0 Å². The van der Waals surface area contributed by atoms with E-state index >= 15 is 0 Å². The highest BCUT2D eigenvalue weighted by atomic mass is 16.5. The van der Waals surface area contributed by atoms with Crippen LogP contribution in [0.4, 0.5) is 4.79 Å².